The Balaban J connectivity index is 1.55. The summed E-state index contributed by atoms with van der Waals surface area (Å²) in [4.78, 5) is 17.6. The van der Waals surface area contributed by atoms with Crippen LogP contribution in [-0.4, -0.2) is 40.9 Å². The Hall–Kier alpha value is -1.35. The summed E-state index contributed by atoms with van der Waals surface area (Å²) in [6.07, 6.45) is 3.01. The van der Waals surface area contributed by atoms with Gasteiger partial charge in [0.15, 0.2) is 0 Å². The molecule has 0 radical (unpaired) electrons. The SMILES string of the molecule is CC(C)(C)[C@H]1CC2CN(Cc3ccccc3)C[C@H]3CCC(=O)N1C23. The Kier molecular flexibility index (Phi) is 3.95. The molecule has 0 spiro atoms. The topological polar surface area (TPSA) is 23.6 Å². The third-order valence-electron chi connectivity index (χ3n) is 6.40. The maximum atomic E-state index is 12.6. The van der Waals surface area contributed by atoms with E-state index in [2.05, 4.69) is 60.9 Å². The highest BCUT2D eigenvalue weighted by Gasteiger charge is 2.54. The molecule has 3 aliphatic heterocycles. The van der Waals surface area contributed by atoms with Crippen molar-refractivity contribution in [2.45, 2.75) is 58.7 Å². The van der Waals surface area contributed by atoms with Gasteiger partial charge in [-0.1, -0.05) is 51.1 Å². The summed E-state index contributed by atoms with van der Waals surface area (Å²) in [5.41, 5.74) is 1.59. The molecular formula is C21H30N2O. The molecule has 1 aromatic rings. The summed E-state index contributed by atoms with van der Waals surface area (Å²) < 4.78 is 0. The zero-order chi connectivity index (χ0) is 16.9. The molecule has 0 aromatic heterocycles. The van der Waals surface area contributed by atoms with E-state index in [1.807, 2.05) is 0 Å². The summed E-state index contributed by atoms with van der Waals surface area (Å²) in [5, 5.41) is 0. The van der Waals surface area contributed by atoms with Crippen molar-refractivity contribution in [3.05, 3.63) is 35.9 Å². The number of carbonyl (C=O) groups is 1. The first kappa shape index (κ1) is 16.1. The maximum absolute atomic E-state index is 12.6. The van der Waals surface area contributed by atoms with Crippen LogP contribution >= 0.6 is 0 Å². The van der Waals surface area contributed by atoms with E-state index in [0.29, 0.717) is 29.8 Å². The molecule has 1 amide bonds. The Morgan fingerprint density at radius 3 is 2.50 bits per heavy atom. The normalized spacial score (nSPS) is 33.6. The fraction of sp³-hybridized carbons (Fsp3) is 0.667. The number of amides is 1. The summed E-state index contributed by atoms with van der Waals surface area (Å²) >= 11 is 0. The second-order valence-electron chi connectivity index (χ2n) is 9.15. The van der Waals surface area contributed by atoms with Gasteiger partial charge in [-0.25, -0.2) is 0 Å². The minimum absolute atomic E-state index is 0.180. The highest BCUT2D eigenvalue weighted by molar-refractivity contribution is 5.78. The predicted molar refractivity (Wildman–Crippen MR) is 96.4 cm³/mol. The number of carbonyl (C=O) groups excluding carboxylic acids is 1. The van der Waals surface area contributed by atoms with Crippen LogP contribution < -0.4 is 0 Å². The van der Waals surface area contributed by atoms with Gasteiger partial charge in [0.1, 0.15) is 0 Å². The predicted octanol–water partition coefficient (Wildman–Crippen LogP) is 3.54. The lowest BCUT2D eigenvalue weighted by molar-refractivity contribution is -0.144. The van der Waals surface area contributed by atoms with E-state index in [4.69, 9.17) is 0 Å². The van der Waals surface area contributed by atoms with E-state index >= 15 is 0 Å². The van der Waals surface area contributed by atoms with Gasteiger partial charge in [0.05, 0.1) is 0 Å². The van der Waals surface area contributed by atoms with Crippen molar-refractivity contribution in [3.8, 4) is 0 Å². The van der Waals surface area contributed by atoms with Gasteiger partial charge < -0.3 is 4.90 Å². The van der Waals surface area contributed by atoms with Gasteiger partial charge in [-0.3, -0.25) is 9.69 Å². The van der Waals surface area contributed by atoms with Crippen molar-refractivity contribution in [1.29, 1.82) is 0 Å². The van der Waals surface area contributed by atoms with E-state index in [1.54, 1.807) is 0 Å². The monoisotopic (exact) mass is 326 g/mol. The number of likely N-dealkylation sites (tertiary alicyclic amines) is 1. The molecule has 3 nitrogen and oxygen atoms in total. The van der Waals surface area contributed by atoms with Crippen LogP contribution in [0.4, 0.5) is 0 Å². The summed E-state index contributed by atoms with van der Waals surface area (Å²) in [6, 6.07) is 11.7. The second-order valence-corrected chi connectivity index (χ2v) is 9.15. The van der Waals surface area contributed by atoms with Gasteiger partial charge in [0, 0.05) is 38.1 Å². The molecular weight excluding hydrogens is 296 g/mol. The largest absolute Gasteiger partial charge is 0.336 e. The minimum atomic E-state index is 0.180. The molecule has 3 saturated heterocycles. The molecule has 130 valence electrons. The fourth-order valence-electron chi connectivity index (χ4n) is 5.40. The molecule has 3 aliphatic rings. The third-order valence-corrected chi connectivity index (χ3v) is 6.40. The number of benzene rings is 1. The van der Waals surface area contributed by atoms with E-state index in [9.17, 15) is 4.79 Å². The maximum Gasteiger partial charge on any atom is 0.223 e. The lowest BCUT2D eigenvalue weighted by atomic mass is 9.79. The van der Waals surface area contributed by atoms with E-state index in [1.165, 1.54) is 12.0 Å². The quantitative estimate of drug-likeness (QED) is 0.830. The Morgan fingerprint density at radius 1 is 1.08 bits per heavy atom. The van der Waals surface area contributed by atoms with Gasteiger partial charge >= 0.3 is 0 Å². The molecule has 0 bridgehead atoms. The molecule has 0 N–H and O–H groups in total. The summed E-state index contributed by atoms with van der Waals surface area (Å²) in [6.45, 7) is 10.2. The average Bonchev–Trinajstić information content (AvgIpc) is 2.93. The van der Waals surface area contributed by atoms with Crippen LogP contribution in [0.5, 0.6) is 0 Å². The molecule has 4 rings (SSSR count). The Morgan fingerprint density at radius 2 is 1.79 bits per heavy atom. The zero-order valence-corrected chi connectivity index (χ0v) is 15.2. The first-order valence-corrected chi connectivity index (χ1v) is 9.51. The third kappa shape index (κ3) is 2.77. The first-order chi connectivity index (χ1) is 11.4. The molecule has 3 fully saturated rings. The standard InChI is InChI=1S/C21H30N2O/c1-21(2,3)18-11-17-14-22(12-15-7-5-4-6-8-15)13-16-9-10-19(24)23(18)20(16)17/h4-8,16-18,20H,9-14H2,1-3H3/t16-,17?,18-,20?/m1/s1. The van der Waals surface area contributed by atoms with Gasteiger partial charge in [-0.2, -0.15) is 0 Å². The van der Waals surface area contributed by atoms with Crippen molar-refractivity contribution in [3.63, 3.8) is 0 Å². The first-order valence-electron chi connectivity index (χ1n) is 9.51. The summed E-state index contributed by atoms with van der Waals surface area (Å²) in [7, 11) is 0. The minimum Gasteiger partial charge on any atom is -0.336 e. The zero-order valence-electron chi connectivity index (χ0n) is 15.2. The molecule has 0 saturated carbocycles. The van der Waals surface area contributed by atoms with Crippen LogP contribution in [0, 0.1) is 17.3 Å². The van der Waals surface area contributed by atoms with Crippen molar-refractivity contribution in [2.75, 3.05) is 13.1 Å². The van der Waals surface area contributed by atoms with Crippen molar-refractivity contribution >= 4 is 5.91 Å². The molecule has 3 heterocycles. The number of hydrogen-bond acceptors (Lipinski definition) is 2. The Labute approximate surface area is 146 Å². The fourth-order valence-corrected chi connectivity index (χ4v) is 5.40. The van der Waals surface area contributed by atoms with Crippen molar-refractivity contribution < 1.29 is 4.79 Å². The van der Waals surface area contributed by atoms with Gasteiger partial charge in [0.25, 0.3) is 0 Å². The second kappa shape index (κ2) is 5.87. The van der Waals surface area contributed by atoms with Crippen LogP contribution in [-0.2, 0) is 11.3 Å². The average molecular weight is 326 g/mol. The highest BCUT2D eigenvalue weighted by Crippen LogP contribution is 2.48. The lowest BCUT2D eigenvalue weighted by Crippen LogP contribution is -2.58. The van der Waals surface area contributed by atoms with Crippen LogP contribution in [0.3, 0.4) is 0 Å². The number of hydrogen-bond donors (Lipinski definition) is 0. The number of rotatable bonds is 2. The van der Waals surface area contributed by atoms with Crippen molar-refractivity contribution in [2.24, 2.45) is 17.3 Å². The highest BCUT2D eigenvalue weighted by atomic mass is 16.2. The smallest absolute Gasteiger partial charge is 0.223 e. The molecule has 2 unspecified atom stereocenters. The van der Waals surface area contributed by atoms with Crippen LogP contribution in [0.15, 0.2) is 30.3 Å². The Bertz CT molecular complexity index is 606. The molecule has 3 heteroatoms. The van der Waals surface area contributed by atoms with Gasteiger partial charge in [-0.05, 0) is 35.7 Å². The summed E-state index contributed by atoms with van der Waals surface area (Å²) in [5.74, 6) is 1.73. The number of piperidine rings is 2. The van der Waals surface area contributed by atoms with E-state index in [-0.39, 0.29) is 5.41 Å². The van der Waals surface area contributed by atoms with Gasteiger partial charge in [-0.15, -0.1) is 0 Å². The molecule has 0 aliphatic carbocycles. The molecule has 24 heavy (non-hydrogen) atoms. The van der Waals surface area contributed by atoms with E-state index in [0.717, 1.165) is 32.5 Å². The number of nitrogens with zero attached hydrogens (tertiary/aromatic N) is 2. The van der Waals surface area contributed by atoms with E-state index < -0.39 is 0 Å². The van der Waals surface area contributed by atoms with Crippen LogP contribution in [0.25, 0.3) is 0 Å². The van der Waals surface area contributed by atoms with Gasteiger partial charge in [0.2, 0.25) is 5.91 Å². The molecule has 1 aromatic carbocycles. The lowest BCUT2D eigenvalue weighted by Gasteiger charge is -2.48. The van der Waals surface area contributed by atoms with Crippen LogP contribution in [0.2, 0.25) is 0 Å². The van der Waals surface area contributed by atoms with Crippen LogP contribution in [0.1, 0.15) is 45.6 Å². The molecule has 4 atom stereocenters. The van der Waals surface area contributed by atoms with Crippen molar-refractivity contribution in [1.82, 2.24) is 9.80 Å².